The van der Waals surface area contributed by atoms with E-state index in [4.69, 9.17) is 9.47 Å². The number of anilines is 1. The maximum atomic E-state index is 12.2. The molecule has 7 nitrogen and oxygen atoms in total. The van der Waals surface area contributed by atoms with E-state index in [1.165, 1.54) is 4.57 Å². The first kappa shape index (κ1) is 20.3. The Labute approximate surface area is 171 Å². The van der Waals surface area contributed by atoms with E-state index in [2.05, 4.69) is 5.32 Å². The van der Waals surface area contributed by atoms with Crippen molar-refractivity contribution in [2.24, 2.45) is 0 Å². The van der Waals surface area contributed by atoms with Gasteiger partial charge in [-0.1, -0.05) is 41.7 Å². The molecule has 1 amide bonds. The summed E-state index contributed by atoms with van der Waals surface area (Å²) >= 11 is 1.08. The van der Waals surface area contributed by atoms with Gasteiger partial charge in [0.25, 0.3) is 5.91 Å². The maximum Gasteiger partial charge on any atom is 0.308 e. The van der Waals surface area contributed by atoms with Gasteiger partial charge in [0.05, 0.1) is 12.1 Å². The molecule has 0 aliphatic carbocycles. The van der Waals surface area contributed by atoms with E-state index < -0.39 is 18.5 Å². The lowest BCUT2D eigenvalue weighted by Gasteiger charge is -2.12. The third-order valence-electron chi connectivity index (χ3n) is 4.01. The molecule has 1 heterocycles. The van der Waals surface area contributed by atoms with E-state index in [0.717, 1.165) is 17.0 Å². The van der Waals surface area contributed by atoms with E-state index in [1.807, 2.05) is 18.2 Å². The molecule has 3 rings (SSSR count). The summed E-state index contributed by atoms with van der Waals surface area (Å²) in [5.74, 6) is 0.0862. The second-order valence-corrected chi connectivity index (χ2v) is 6.99. The first-order chi connectivity index (χ1) is 14.0. The van der Waals surface area contributed by atoms with Crippen LogP contribution >= 0.6 is 11.3 Å². The van der Waals surface area contributed by atoms with Crippen LogP contribution in [0.25, 0.3) is 0 Å². The minimum Gasteiger partial charge on any atom is -0.456 e. The quantitative estimate of drug-likeness (QED) is 0.572. The Bertz CT molecular complexity index is 1040. The lowest BCUT2D eigenvalue weighted by Crippen LogP contribution is -2.23. The summed E-state index contributed by atoms with van der Waals surface area (Å²) < 4.78 is 12.3. The van der Waals surface area contributed by atoms with Gasteiger partial charge in [-0.3, -0.25) is 14.4 Å². The number of thiazole rings is 1. The summed E-state index contributed by atoms with van der Waals surface area (Å²) in [5, 5.41) is 4.41. The number of benzene rings is 2. The number of aromatic nitrogens is 1. The lowest BCUT2D eigenvalue weighted by molar-refractivity contribution is -0.147. The average molecular weight is 412 g/mol. The molecule has 150 valence electrons. The van der Waals surface area contributed by atoms with Gasteiger partial charge in [-0.2, -0.15) is 0 Å². The number of rotatable bonds is 8. The number of ether oxygens (including phenoxy) is 2. The fourth-order valence-corrected chi connectivity index (χ4v) is 3.32. The van der Waals surface area contributed by atoms with Crippen LogP contribution < -0.4 is 14.9 Å². The number of carbonyl (C=O) groups excluding carboxylic acids is 2. The average Bonchev–Trinajstić information content (AvgIpc) is 3.04. The Morgan fingerprint density at radius 3 is 2.52 bits per heavy atom. The molecule has 3 aromatic rings. The third-order valence-corrected chi connectivity index (χ3v) is 4.89. The monoisotopic (exact) mass is 412 g/mol. The van der Waals surface area contributed by atoms with Crippen LogP contribution in [-0.2, 0) is 20.9 Å². The van der Waals surface area contributed by atoms with Crippen molar-refractivity contribution in [1.29, 1.82) is 0 Å². The van der Waals surface area contributed by atoms with Crippen LogP contribution in [0.3, 0.4) is 0 Å². The SMILES string of the molecule is Cc1csc(=O)n1CCC(=O)OCC(=O)Nc1ccccc1Oc1ccccc1. The minimum atomic E-state index is -0.550. The zero-order valence-electron chi connectivity index (χ0n) is 15.8. The van der Waals surface area contributed by atoms with Crippen molar-refractivity contribution in [3.05, 3.63) is 75.3 Å². The maximum absolute atomic E-state index is 12.2. The van der Waals surface area contributed by atoms with Crippen LogP contribution in [0.1, 0.15) is 12.1 Å². The summed E-state index contributed by atoms with van der Waals surface area (Å²) in [7, 11) is 0. The van der Waals surface area contributed by atoms with Crippen LogP contribution in [0.5, 0.6) is 11.5 Å². The van der Waals surface area contributed by atoms with Gasteiger partial charge >= 0.3 is 10.8 Å². The van der Waals surface area contributed by atoms with Crippen LogP contribution in [0.15, 0.2) is 64.8 Å². The standard InChI is InChI=1S/C21H20N2O5S/c1-15-14-29-21(26)23(15)12-11-20(25)27-13-19(24)22-17-9-5-6-10-18(17)28-16-7-3-2-4-8-16/h2-10,14H,11-13H2,1H3,(H,22,24). The van der Waals surface area contributed by atoms with Crippen molar-refractivity contribution in [2.45, 2.75) is 19.9 Å². The molecule has 0 radical (unpaired) electrons. The van der Waals surface area contributed by atoms with E-state index in [9.17, 15) is 14.4 Å². The highest BCUT2D eigenvalue weighted by atomic mass is 32.1. The largest absolute Gasteiger partial charge is 0.456 e. The number of esters is 1. The van der Waals surface area contributed by atoms with Crippen LogP contribution in [-0.4, -0.2) is 23.1 Å². The molecular formula is C21H20N2O5S. The highest BCUT2D eigenvalue weighted by Crippen LogP contribution is 2.28. The van der Waals surface area contributed by atoms with Crippen LogP contribution in [0, 0.1) is 6.92 Å². The molecule has 2 aromatic carbocycles. The molecule has 8 heteroatoms. The van der Waals surface area contributed by atoms with Crippen molar-refractivity contribution in [2.75, 3.05) is 11.9 Å². The second kappa shape index (κ2) is 9.70. The second-order valence-electron chi connectivity index (χ2n) is 6.16. The number of carbonyl (C=O) groups is 2. The number of nitrogens with one attached hydrogen (secondary N) is 1. The van der Waals surface area contributed by atoms with Gasteiger partial charge in [0.2, 0.25) is 0 Å². The Morgan fingerprint density at radius 1 is 1.07 bits per heavy atom. The molecule has 0 unspecified atom stereocenters. The first-order valence-electron chi connectivity index (χ1n) is 8.95. The van der Waals surface area contributed by atoms with Crippen molar-refractivity contribution < 1.29 is 19.1 Å². The minimum absolute atomic E-state index is 0.0124. The van der Waals surface area contributed by atoms with Gasteiger partial charge in [0, 0.05) is 17.6 Å². The van der Waals surface area contributed by atoms with Crippen molar-refractivity contribution in [3.8, 4) is 11.5 Å². The molecule has 0 aliphatic heterocycles. The third kappa shape index (κ3) is 5.79. The zero-order chi connectivity index (χ0) is 20.6. The normalized spacial score (nSPS) is 10.4. The Morgan fingerprint density at radius 2 is 1.79 bits per heavy atom. The molecule has 29 heavy (non-hydrogen) atoms. The predicted molar refractivity (Wildman–Crippen MR) is 110 cm³/mol. The van der Waals surface area contributed by atoms with Gasteiger partial charge in [-0.25, -0.2) is 0 Å². The molecule has 0 atom stereocenters. The number of amides is 1. The summed E-state index contributed by atoms with van der Waals surface area (Å²) in [6.45, 7) is 1.60. The summed E-state index contributed by atoms with van der Waals surface area (Å²) in [4.78, 5) is 35.6. The molecule has 0 saturated carbocycles. The Balaban J connectivity index is 1.51. The number of hydrogen-bond acceptors (Lipinski definition) is 6. The molecular weight excluding hydrogens is 392 g/mol. The van der Waals surface area contributed by atoms with Crippen LogP contribution in [0.4, 0.5) is 5.69 Å². The Hall–Kier alpha value is -3.39. The lowest BCUT2D eigenvalue weighted by atomic mass is 10.3. The molecule has 0 aliphatic rings. The molecule has 0 saturated heterocycles. The number of hydrogen-bond donors (Lipinski definition) is 1. The van der Waals surface area contributed by atoms with E-state index in [1.54, 1.807) is 48.7 Å². The Kier molecular flexibility index (Phi) is 6.80. The fraction of sp³-hybridized carbons (Fsp3) is 0.190. The topological polar surface area (TPSA) is 86.6 Å². The van der Waals surface area contributed by atoms with Gasteiger partial charge in [0.1, 0.15) is 5.75 Å². The van der Waals surface area contributed by atoms with Crippen molar-refractivity contribution in [3.63, 3.8) is 0 Å². The highest BCUT2D eigenvalue weighted by Gasteiger charge is 2.12. The van der Waals surface area contributed by atoms with Crippen molar-refractivity contribution >= 4 is 28.9 Å². The van der Waals surface area contributed by atoms with Gasteiger partial charge in [-0.15, -0.1) is 0 Å². The number of para-hydroxylation sites is 3. The number of nitrogens with zero attached hydrogens (tertiary/aromatic N) is 1. The molecule has 0 spiro atoms. The molecule has 1 aromatic heterocycles. The summed E-state index contributed by atoms with van der Waals surface area (Å²) in [6.07, 6.45) is 0.0124. The fourth-order valence-electron chi connectivity index (χ4n) is 2.56. The zero-order valence-corrected chi connectivity index (χ0v) is 16.6. The highest BCUT2D eigenvalue weighted by molar-refractivity contribution is 7.07. The van der Waals surface area contributed by atoms with Crippen molar-refractivity contribution in [1.82, 2.24) is 4.57 Å². The van der Waals surface area contributed by atoms with Crippen LogP contribution in [0.2, 0.25) is 0 Å². The van der Waals surface area contributed by atoms with Gasteiger partial charge in [0.15, 0.2) is 12.4 Å². The van der Waals surface area contributed by atoms with E-state index >= 15 is 0 Å². The number of aryl methyl sites for hydroxylation is 1. The molecule has 0 fully saturated rings. The smallest absolute Gasteiger partial charge is 0.308 e. The first-order valence-corrected chi connectivity index (χ1v) is 9.83. The summed E-state index contributed by atoms with van der Waals surface area (Å²) in [5.41, 5.74) is 1.26. The van der Waals surface area contributed by atoms with Gasteiger partial charge < -0.3 is 19.4 Å². The van der Waals surface area contributed by atoms with E-state index in [-0.39, 0.29) is 17.8 Å². The predicted octanol–water partition coefficient (Wildman–Crippen LogP) is 3.58. The van der Waals surface area contributed by atoms with Gasteiger partial charge in [-0.05, 0) is 31.2 Å². The molecule has 0 bridgehead atoms. The molecule has 1 N–H and O–H groups in total. The summed E-state index contributed by atoms with van der Waals surface area (Å²) in [6, 6.07) is 16.2. The van der Waals surface area contributed by atoms with E-state index in [0.29, 0.717) is 17.2 Å².